The van der Waals surface area contributed by atoms with Crippen molar-refractivity contribution in [3.05, 3.63) is 51.7 Å². The minimum Gasteiger partial charge on any atom is -0.497 e. The number of fused-ring (bicyclic) bond motifs is 1. The molecule has 1 unspecified atom stereocenters. The molecule has 2 aromatic rings. The number of aryl methyl sites for hydroxylation is 1. The van der Waals surface area contributed by atoms with E-state index >= 15 is 0 Å². The van der Waals surface area contributed by atoms with Gasteiger partial charge >= 0.3 is 0 Å². The smallest absolute Gasteiger partial charge is 0.251 e. The predicted octanol–water partition coefficient (Wildman–Crippen LogP) is 2.04. The minimum absolute atomic E-state index is 0.000693. The Morgan fingerprint density at radius 3 is 2.96 bits per heavy atom. The van der Waals surface area contributed by atoms with Crippen LogP contribution >= 0.6 is 0 Å². The molecule has 1 N–H and O–H groups in total. The van der Waals surface area contributed by atoms with E-state index in [-0.39, 0.29) is 11.6 Å². The van der Waals surface area contributed by atoms with Crippen molar-refractivity contribution in [2.75, 3.05) is 20.3 Å². The van der Waals surface area contributed by atoms with E-state index in [4.69, 9.17) is 9.47 Å². The van der Waals surface area contributed by atoms with Gasteiger partial charge in [0.15, 0.2) is 0 Å². The van der Waals surface area contributed by atoms with Crippen molar-refractivity contribution in [1.29, 1.82) is 0 Å². The van der Waals surface area contributed by atoms with E-state index in [0.717, 1.165) is 35.8 Å². The molecule has 2 heterocycles. The average molecular weight is 315 g/mol. The van der Waals surface area contributed by atoms with Gasteiger partial charge in [0.1, 0.15) is 23.9 Å². The zero-order chi connectivity index (χ0) is 16.4. The summed E-state index contributed by atoms with van der Waals surface area (Å²) >= 11 is 0. The second-order valence-electron chi connectivity index (χ2n) is 5.74. The molecule has 0 fully saturated rings. The fraction of sp³-hybridized carbons (Fsp3) is 0.412. The third-order valence-electron chi connectivity index (χ3n) is 4.12. The summed E-state index contributed by atoms with van der Waals surface area (Å²) in [6.45, 7) is 5.96. The number of rotatable bonds is 3. The highest BCUT2D eigenvalue weighted by Gasteiger charge is 2.23. The Morgan fingerprint density at radius 1 is 1.39 bits per heavy atom. The summed E-state index contributed by atoms with van der Waals surface area (Å²) in [5, 5.41) is 0. The van der Waals surface area contributed by atoms with Crippen LogP contribution in [0.4, 0.5) is 0 Å². The van der Waals surface area contributed by atoms with Gasteiger partial charge < -0.3 is 14.5 Å². The Morgan fingerprint density at radius 2 is 2.22 bits per heavy atom. The average Bonchev–Trinajstić information content (AvgIpc) is 2.74. The van der Waals surface area contributed by atoms with Crippen LogP contribution in [0.25, 0.3) is 0 Å². The van der Waals surface area contributed by atoms with E-state index < -0.39 is 0 Å². The molecule has 6 nitrogen and oxygen atoms in total. The van der Waals surface area contributed by atoms with Crippen LogP contribution in [0.3, 0.4) is 0 Å². The molecular formula is C17H21N3O3. The van der Waals surface area contributed by atoms with E-state index in [1.165, 1.54) is 6.07 Å². The van der Waals surface area contributed by atoms with Gasteiger partial charge in [0.25, 0.3) is 5.56 Å². The van der Waals surface area contributed by atoms with Crippen molar-refractivity contribution in [3.63, 3.8) is 0 Å². The largest absolute Gasteiger partial charge is 0.497 e. The van der Waals surface area contributed by atoms with Gasteiger partial charge in [-0.05, 0) is 19.9 Å². The van der Waals surface area contributed by atoms with Gasteiger partial charge in [-0.15, -0.1) is 0 Å². The predicted molar refractivity (Wildman–Crippen MR) is 86.9 cm³/mol. The van der Waals surface area contributed by atoms with Crippen molar-refractivity contribution < 1.29 is 9.47 Å². The Labute approximate surface area is 135 Å². The van der Waals surface area contributed by atoms with E-state index in [0.29, 0.717) is 12.4 Å². The molecule has 23 heavy (non-hydrogen) atoms. The van der Waals surface area contributed by atoms with Crippen LogP contribution < -0.4 is 15.0 Å². The first-order valence-corrected chi connectivity index (χ1v) is 7.68. The van der Waals surface area contributed by atoms with Crippen LogP contribution in [0.1, 0.15) is 30.0 Å². The number of nitrogens with zero attached hydrogens (tertiary/aromatic N) is 2. The zero-order valence-electron chi connectivity index (χ0n) is 13.6. The Hall–Kier alpha value is -2.34. The molecule has 1 aromatic carbocycles. The monoisotopic (exact) mass is 315 g/mol. The van der Waals surface area contributed by atoms with Crippen molar-refractivity contribution in [2.45, 2.75) is 26.4 Å². The highest BCUT2D eigenvalue weighted by molar-refractivity contribution is 5.41. The first-order valence-electron chi connectivity index (χ1n) is 7.68. The highest BCUT2D eigenvalue weighted by atomic mass is 16.5. The lowest BCUT2D eigenvalue weighted by Crippen LogP contribution is -2.31. The van der Waals surface area contributed by atoms with Gasteiger partial charge in [-0.25, -0.2) is 4.98 Å². The molecule has 1 atom stereocenters. The van der Waals surface area contributed by atoms with Crippen LogP contribution in [0.5, 0.6) is 11.5 Å². The lowest BCUT2D eigenvalue weighted by atomic mass is 10.1. The van der Waals surface area contributed by atoms with Gasteiger partial charge in [0, 0.05) is 36.5 Å². The summed E-state index contributed by atoms with van der Waals surface area (Å²) in [4.78, 5) is 21.2. The van der Waals surface area contributed by atoms with Gasteiger partial charge in [-0.2, -0.15) is 0 Å². The molecule has 0 saturated carbocycles. The Kier molecular flexibility index (Phi) is 4.34. The molecule has 0 bridgehead atoms. The number of H-pyrrole nitrogens is 1. The number of ether oxygens (including phenoxy) is 2. The molecule has 1 aromatic heterocycles. The molecule has 1 aliphatic heterocycles. The van der Waals surface area contributed by atoms with Crippen LogP contribution in [0.2, 0.25) is 0 Å². The van der Waals surface area contributed by atoms with Gasteiger partial charge in [0.2, 0.25) is 0 Å². The summed E-state index contributed by atoms with van der Waals surface area (Å²) in [6.07, 6.45) is 0. The van der Waals surface area contributed by atoms with E-state index in [1.807, 2.05) is 32.0 Å². The Bertz CT molecular complexity index is 757. The maximum atomic E-state index is 11.7. The standard InChI is InChI=1S/C17H21N3O3/c1-11-8-16(21)19-17(18-11)12(2)20-6-7-23-15-9-14(22-3)5-4-13(15)10-20/h4-5,8-9,12H,6-7,10H2,1-3H3,(H,18,19,21). The third-order valence-corrected chi connectivity index (χ3v) is 4.12. The summed E-state index contributed by atoms with van der Waals surface area (Å²) in [6, 6.07) is 7.37. The van der Waals surface area contributed by atoms with Gasteiger partial charge in [-0.3, -0.25) is 9.69 Å². The van der Waals surface area contributed by atoms with E-state index in [9.17, 15) is 4.79 Å². The number of benzene rings is 1. The van der Waals surface area contributed by atoms with Crippen LogP contribution in [0.15, 0.2) is 29.1 Å². The second-order valence-corrected chi connectivity index (χ2v) is 5.74. The number of aromatic amines is 1. The molecule has 3 rings (SSSR count). The van der Waals surface area contributed by atoms with Gasteiger partial charge in [0.05, 0.1) is 13.2 Å². The second kappa shape index (κ2) is 6.42. The Balaban J connectivity index is 1.86. The van der Waals surface area contributed by atoms with E-state index in [1.54, 1.807) is 7.11 Å². The third kappa shape index (κ3) is 3.37. The first-order chi connectivity index (χ1) is 11.1. The normalized spacial score (nSPS) is 16.1. The van der Waals surface area contributed by atoms with Crippen molar-refractivity contribution in [1.82, 2.24) is 14.9 Å². The molecule has 1 aliphatic rings. The number of aromatic nitrogens is 2. The lowest BCUT2D eigenvalue weighted by Gasteiger charge is -2.26. The summed E-state index contributed by atoms with van der Waals surface area (Å²) in [5.74, 6) is 2.33. The maximum Gasteiger partial charge on any atom is 0.251 e. The molecule has 0 saturated heterocycles. The minimum atomic E-state index is -0.115. The van der Waals surface area contributed by atoms with Crippen LogP contribution in [0, 0.1) is 6.92 Å². The first kappa shape index (κ1) is 15.6. The molecule has 0 amide bonds. The number of hydrogen-bond donors (Lipinski definition) is 1. The maximum absolute atomic E-state index is 11.7. The lowest BCUT2D eigenvalue weighted by molar-refractivity contribution is 0.173. The molecule has 0 spiro atoms. The fourth-order valence-corrected chi connectivity index (χ4v) is 2.80. The van der Waals surface area contributed by atoms with Crippen molar-refractivity contribution >= 4 is 0 Å². The topological polar surface area (TPSA) is 67.5 Å². The van der Waals surface area contributed by atoms with Crippen molar-refractivity contribution in [2.24, 2.45) is 0 Å². The molecular weight excluding hydrogens is 294 g/mol. The zero-order valence-corrected chi connectivity index (χ0v) is 13.6. The highest BCUT2D eigenvalue weighted by Crippen LogP contribution is 2.30. The number of nitrogens with one attached hydrogen (secondary N) is 1. The number of methoxy groups -OCH3 is 1. The molecule has 0 radical (unpaired) electrons. The molecule has 122 valence electrons. The quantitative estimate of drug-likeness (QED) is 0.939. The van der Waals surface area contributed by atoms with Crippen LogP contribution in [-0.4, -0.2) is 35.1 Å². The van der Waals surface area contributed by atoms with E-state index in [2.05, 4.69) is 14.9 Å². The molecule has 0 aliphatic carbocycles. The van der Waals surface area contributed by atoms with Crippen LogP contribution in [-0.2, 0) is 6.54 Å². The summed E-state index contributed by atoms with van der Waals surface area (Å²) < 4.78 is 11.1. The number of hydrogen-bond acceptors (Lipinski definition) is 5. The van der Waals surface area contributed by atoms with Crippen molar-refractivity contribution in [3.8, 4) is 11.5 Å². The fourth-order valence-electron chi connectivity index (χ4n) is 2.80. The SMILES string of the molecule is COc1ccc2c(c1)OCCN(C(C)c1nc(C)cc(=O)[nH]1)C2. The molecule has 6 heteroatoms. The summed E-state index contributed by atoms with van der Waals surface area (Å²) in [7, 11) is 1.65. The summed E-state index contributed by atoms with van der Waals surface area (Å²) in [5.41, 5.74) is 1.72. The van der Waals surface area contributed by atoms with Gasteiger partial charge in [-0.1, -0.05) is 6.07 Å².